The van der Waals surface area contributed by atoms with E-state index in [0.717, 1.165) is 22.2 Å². The zero-order chi connectivity index (χ0) is 21.8. The molecule has 0 aliphatic carbocycles. The number of ether oxygens (including phenoxy) is 1. The van der Waals surface area contributed by atoms with Crippen LogP contribution in [0.2, 0.25) is 0 Å². The first-order valence-corrected chi connectivity index (χ1v) is 10.4. The SMILES string of the molecule is COCCN=c1scc(-c2ccc(O)c(C(N)=O)c2)n1/N=C/c1c[nH]c2ccccc12. The average molecular weight is 436 g/mol. The smallest absolute Gasteiger partial charge is 0.252 e. The molecular weight excluding hydrogens is 414 g/mol. The zero-order valence-corrected chi connectivity index (χ0v) is 17.6. The van der Waals surface area contributed by atoms with Crippen molar-refractivity contribution in [2.24, 2.45) is 15.8 Å². The molecule has 0 radical (unpaired) electrons. The predicted octanol–water partition coefficient (Wildman–Crippen LogP) is 2.93. The largest absolute Gasteiger partial charge is 0.507 e. The first-order chi connectivity index (χ1) is 15.1. The van der Waals surface area contributed by atoms with Gasteiger partial charge in [-0.15, -0.1) is 11.3 Å². The molecule has 2 aromatic heterocycles. The van der Waals surface area contributed by atoms with E-state index in [1.54, 1.807) is 30.1 Å². The lowest BCUT2D eigenvalue weighted by Gasteiger charge is -2.06. The second-order valence-corrected chi connectivity index (χ2v) is 7.56. The maximum atomic E-state index is 11.7. The number of aromatic amines is 1. The van der Waals surface area contributed by atoms with Gasteiger partial charge < -0.3 is 20.6 Å². The molecule has 4 aromatic rings. The van der Waals surface area contributed by atoms with E-state index in [-0.39, 0.29) is 11.3 Å². The van der Waals surface area contributed by atoms with Crippen LogP contribution in [-0.4, -0.2) is 47.1 Å². The monoisotopic (exact) mass is 435 g/mol. The average Bonchev–Trinajstić information content (AvgIpc) is 3.36. The summed E-state index contributed by atoms with van der Waals surface area (Å²) in [7, 11) is 1.63. The Kier molecular flexibility index (Phi) is 5.96. The third-order valence-corrected chi connectivity index (χ3v) is 5.57. The molecule has 2 aromatic carbocycles. The number of aromatic nitrogens is 2. The lowest BCUT2D eigenvalue weighted by molar-refractivity contribution is 0.0998. The predicted molar refractivity (Wildman–Crippen MR) is 122 cm³/mol. The highest BCUT2D eigenvalue weighted by Gasteiger charge is 2.13. The van der Waals surface area contributed by atoms with E-state index in [1.165, 1.54) is 17.4 Å². The number of methoxy groups -OCH3 is 1. The molecule has 0 aliphatic rings. The third-order valence-electron chi connectivity index (χ3n) is 4.72. The number of hydrogen-bond donors (Lipinski definition) is 3. The summed E-state index contributed by atoms with van der Waals surface area (Å²) in [6.07, 6.45) is 3.66. The van der Waals surface area contributed by atoms with Gasteiger partial charge >= 0.3 is 0 Å². The van der Waals surface area contributed by atoms with Crippen LogP contribution in [-0.2, 0) is 4.74 Å². The van der Waals surface area contributed by atoms with Gasteiger partial charge in [-0.05, 0) is 24.3 Å². The molecule has 0 saturated heterocycles. The van der Waals surface area contributed by atoms with Crippen LogP contribution in [0.25, 0.3) is 22.2 Å². The molecule has 1 amide bonds. The fraction of sp³-hybridized carbons (Fsp3) is 0.136. The fourth-order valence-electron chi connectivity index (χ4n) is 3.16. The van der Waals surface area contributed by atoms with Gasteiger partial charge in [0, 0.05) is 40.7 Å². The van der Waals surface area contributed by atoms with Gasteiger partial charge in [0.2, 0.25) is 4.80 Å². The summed E-state index contributed by atoms with van der Waals surface area (Å²) in [5.41, 5.74) is 8.81. The van der Waals surface area contributed by atoms with E-state index in [1.807, 2.05) is 35.8 Å². The van der Waals surface area contributed by atoms with E-state index in [2.05, 4.69) is 15.1 Å². The van der Waals surface area contributed by atoms with E-state index in [4.69, 9.17) is 10.5 Å². The van der Waals surface area contributed by atoms with Crippen molar-refractivity contribution in [3.8, 4) is 17.0 Å². The first-order valence-electron chi connectivity index (χ1n) is 9.52. The van der Waals surface area contributed by atoms with E-state index >= 15 is 0 Å². The summed E-state index contributed by atoms with van der Waals surface area (Å²) in [5.74, 6) is -0.862. The van der Waals surface area contributed by atoms with Crippen molar-refractivity contribution in [2.45, 2.75) is 0 Å². The van der Waals surface area contributed by atoms with Crippen molar-refractivity contribution in [1.82, 2.24) is 9.66 Å². The Morgan fingerprint density at radius 1 is 1.32 bits per heavy atom. The minimum absolute atomic E-state index is 0.0497. The van der Waals surface area contributed by atoms with Gasteiger partial charge in [0.15, 0.2) is 0 Å². The number of phenols is 1. The molecule has 31 heavy (non-hydrogen) atoms. The number of nitrogens with two attached hydrogens (primary N) is 1. The maximum absolute atomic E-state index is 11.7. The Hall–Kier alpha value is -3.69. The van der Waals surface area contributed by atoms with Gasteiger partial charge in [-0.2, -0.15) is 5.10 Å². The molecule has 8 nitrogen and oxygen atoms in total. The lowest BCUT2D eigenvalue weighted by atomic mass is 10.1. The van der Waals surface area contributed by atoms with Crippen molar-refractivity contribution >= 4 is 34.4 Å². The van der Waals surface area contributed by atoms with Gasteiger partial charge in [0.25, 0.3) is 5.91 Å². The Balaban J connectivity index is 1.81. The topological polar surface area (TPSA) is 118 Å². The molecule has 0 bridgehead atoms. The number of primary amides is 1. The second kappa shape index (κ2) is 8.99. The van der Waals surface area contributed by atoms with Crippen molar-refractivity contribution in [2.75, 3.05) is 20.3 Å². The Bertz CT molecular complexity index is 1330. The van der Waals surface area contributed by atoms with Crippen LogP contribution >= 0.6 is 11.3 Å². The van der Waals surface area contributed by atoms with Gasteiger partial charge in [-0.25, -0.2) is 4.68 Å². The number of hydrogen-bond acceptors (Lipinski definition) is 6. The number of H-pyrrole nitrogens is 1. The minimum atomic E-state index is -0.701. The quantitative estimate of drug-likeness (QED) is 0.306. The fourth-order valence-corrected chi connectivity index (χ4v) is 4.03. The van der Waals surface area contributed by atoms with Gasteiger partial charge in [-0.3, -0.25) is 9.79 Å². The van der Waals surface area contributed by atoms with Crippen LogP contribution in [0.4, 0.5) is 0 Å². The number of thiazole rings is 1. The van der Waals surface area contributed by atoms with Crippen LogP contribution in [0.3, 0.4) is 0 Å². The number of carbonyl (C=O) groups excluding carboxylic acids is 1. The highest BCUT2D eigenvalue weighted by molar-refractivity contribution is 7.07. The molecular formula is C22H21N5O3S. The number of para-hydroxylation sites is 1. The highest BCUT2D eigenvalue weighted by atomic mass is 32.1. The van der Waals surface area contributed by atoms with Crippen molar-refractivity contribution < 1.29 is 14.6 Å². The number of rotatable bonds is 7. The maximum Gasteiger partial charge on any atom is 0.252 e. The van der Waals surface area contributed by atoms with Crippen LogP contribution in [0.15, 0.2) is 64.1 Å². The number of aromatic hydroxyl groups is 1. The van der Waals surface area contributed by atoms with Crippen LogP contribution < -0.4 is 10.5 Å². The van der Waals surface area contributed by atoms with Crippen LogP contribution in [0, 0.1) is 0 Å². The van der Waals surface area contributed by atoms with E-state index in [9.17, 15) is 9.90 Å². The molecule has 0 atom stereocenters. The summed E-state index contributed by atoms with van der Waals surface area (Å²) in [4.78, 5) is 20.1. The summed E-state index contributed by atoms with van der Waals surface area (Å²) in [5, 5.41) is 17.6. The standard InChI is InChI=1S/C22H21N5O3S/c1-30-9-8-24-22-27(26-12-15-11-25-18-5-3-2-4-16(15)18)19(13-31-22)14-6-7-20(28)17(10-14)21(23)29/h2-7,10-13,25,28H,8-9H2,1H3,(H2,23,29)/b24-22?,26-12+. The Morgan fingerprint density at radius 2 is 2.16 bits per heavy atom. The summed E-state index contributed by atoms with van der Waals surface area (Å²) in [6.45, 7) is 0.978. The van der Waals surface area contributed by atoms with Gasteiger partial charge in [-0.1, -0.05) is 18.2 Å². The number of carbonyl (C=O) groups is 1. The summed E-state index contributed by atoms with van der Waals surface area (Å²) in [6, 6.07) is 12.7. The summed E-state index contributed by atoms with van der Waals surface area (Å²) >= 11 is 1.42. The van der Waals surface area contributed by atoms with E-state index in [0.29, 0.717) is 23.5 Å². The Morgan fingerprint density at radius 3 is 2.97 bits per heavy atom. The first kappa shape index (κ1) is 20.6. The van der Waals surface area contributed by atoms with Crippen LogP contribution in [0.1, 0.15) is 15.9 Å². The van der Waals surface area contributed by atoms with Gasteiger partial charge in [0.05, 0.1) is 30.6 Å². The van der Waals surface area contributed by atoms with Crippen LogP contribution in [0.5, 0.6) is 5.75 Å². The Labute approximate surface area is 182 Å². The highest BCUT2D eigenvalue weighted by Crippen LogP contribution is 2.26. The van der Waals surface area contributed by atoms with Crippen molar-refractivity contribution in [3.63, 3.8) is 0 Å². The van der Waals surface area contributed by atoms with Gasteiger partial charge in [0.1, 0.15) is 5.75 Å². The third kappa shape index (κ3) is 4.27. The normalized spacial score (nSPS) is 12.2. The number of amides is 1. The molecule has 0 unspecified atom stereocenters. The number of nitrogens with zero attached hydrogens (tertiary/aromatic N) is 3. The minimum Gasteiger partial charge on any atom is -0.507 e. The lowest BCUT2D eigenvalue weighted by Crippen LogP contribution is -2.14. The van der Waals surface area contributed by atoms with Crippen molar-refractivity contribution in [3.05, 3.63) is 70.0 Å². The molecule has 0 aliphatic heterocycles. The molecule has 158 valence electrons. The molecule has 0 saturated carbocycles. The van der Waals surface area contributed by atoms with E-state index < -0.39 is 5.91 Å². The zero-order valence-electron chi connectivity index (χ0n) is 16.8. The number of benzene rings is 2. The molecule has 0 fully saturated rings. The number of fused-ring (bicyclic) bond motifs is 1. The second-order valence-electron chi connectivity index (χ2n) is 6.72. The molecule has 0 spiro atoms. The van der Waals surface area contributed by atoms with Crippen molar-refractivity contribution in [1.29, 1.82) is 0 Å². The molecule has 4 rings (SSSR count). The molecule has 4 N–H and O–H groups in total. The molecule has 2 heterocycles. The summed E-state index contributed by atoms with van der Waals surface area (Å²) < 4.78 is 6.80. The number of nitrogens with one attached hydrogen (secondary N) is 1. The molecule has 9 heteroatoms.